The van der Waals surface area contributed by atoms with E-state index in [9.17, 15) is 106 Å². The van der Waals surface area contributed by atoms with Crippen LogP contribution in [0.2, 0.25) is 0 Å². The maximum Gasteiger partial charge on any atom is 0.220 e. The lowest BCUT2D eigenvalue weighted by Gasteiger charge is -2.51. The average molecular weight is 1730 g/mol. The Morgan fingerprint density at radius 3 is 1.11 bits per heavy atom. The zero-order chi connectivity index (χ0) is 87.6. The van der Waals surface area contributed by atoms with Crippen molar-refractivity contribution in [1.82, 2.24) is 16.0 Å². The molecule has 36 nitrogen and oxygen atoms in total. The summed E-state index contributed by atoms with van der Waals surface area (Å²) in [6, 6.07) is -4.75. The normalized spacial score (nSPS) is 35.6. The van der Waals surface area contributed by atoms with Crippen LogP contribution in [0.5, 0.6) is 0 Å². The largest absolute Gasteiger partial charge is 0.394 e. The van der Waals surface area contributed by atoms with Crippen molar-refractivity contribution >= 4 is 17.7 Å². The lowest BCUT2D eigenvalue weighted by molar-refractivity contribution is -0.397. The van der Waals surface area contributed by atoms with Crippen molar-refractivity contribution in [2.45, 2.75) is 442 Å². The number of aliphatic hydroxyl groups excluding tert-OH is 18. The van der Waals surface area contributed by atoms with E-state index in [1.807, 2.05) is 6.08 Å². The van der Waals surface area contributed by atoms with E-state index >= 15 is 0 Å². The van der Waals surface area contributed by atoms with Crippen LogP contribution in [0.3, 0.4) is 0 Å². The Balaban J connectivity index is 1.14. The maximum atomic E-state index is 13.7. The number of hydrogen-bond donors (Lipinski definition) is 21. The summed E-state index contributed by atoms with van der Waals surface area (Å²) >= 11 is 0. The highest BCUT2D eigenvalue weighted by Gasteiger charge is 2.59. The van der Waals surface area contributed by atoms with E-state index in [0.717, 1.165) is 71.6 Å². The molecule has 0 bridgehead atoms. The van der Waals surface area contributed by atoms with E-state index in [-0.39, 0.29) is 12.3 Å². The van der Waals surface area contributed by atoms with Crippen molar-refractivity contribution in [3.63, 3.8) is 0 Å². The smallest absolute Gasteiger partial charge is 0.220 e. The van der Waals surface area contributed by atoms with E-state index in [2.05, 4.69) is 41.9 Å². The van der Waals surface area contributed by atoms with Gasteiger partial charge in [0.05, 0.1) is 58.4 Å². The van der Waals surface area contributed by atoms with E-state index in [1.54, 1.807) is 6.08 Å². The fourth-order valence-electron chi connectivity index (χ4n) is 16.2. The van der Waals surface area contributed by atoms with Gasteiger partial charge in [0.2, 0.25) is 17.7 Å². The minimum Gasteiger partial charge on any atom is -0.394 e. The summed E-state index contributed by atoms with van der Waals surface area (Å²) in [5.41, 5.74) is 0. The molecular weight excluding hydrogens is 1580 g/mol. The Bertz CT molecular complexity index is 2790. The molecule has 21 N–H and O–H groups in total. The highest BCUT2D eigenvalue weighted by Crippen LogP contribution is 2.39. The van der Waals surface area contributed by atoms with E-state index in [4.69, 9.17) is 56.8 Å². The first-order valence-corrected chi connectivity index (χ1v) is 44.6. The molecular formula is C84H151N3O33. The molecule has 6 aliphatic rings. The van der Waals surface area contributed by atoms with Gasteiger partial charge in [-0.2, -0.15) is 0 Å². The van der Waals surface area contributed by atoms with Crippen molar-refractivity contribution in [2.75, 3.05) is 46.2 Å². The predicted octanol–water partition coefficient (Wildman–Crippen LogP) is 0.473. The Morgan fingerprint density at radius 1 is 0.325 bits per heavy atom. The van der Waals surface area contributed by atoms with E-state index in [0.29, 0.717) is 12.8 Å². The molecule has 6 fully saturated rings. The first-order valence-electron chi connectivity index (χ1n) is 44.6. The molecule has 32 atom stereocenters. The van der Waals surface area contributed by atoms with Crippen LogP contribution >= 0.6 is 0 Å². The number of aliphatic hydroxyl groups is 18. The number of carbonyl (C=O) groups is 3. The van der Waals surface area contributed by atoms with Crippen LogP contribution < -0.4 is 16.0 Å². The molecule has 0 saturated carbocycles. The van der Waals surface area contributed by atoms with Gasteiger partial charge >= 0.3 is 0 Å². The number of nitrogens with one attached hydrogen (secondary N) is 3. The summed E-state index contributed by atoms with van der Waals surface area (Å²) in [5.74, 6) is -2.08. The van der Waals surface area contributed by atoms with Gasteiger partial charge in [0.15, 0.2) is 37.7 Å². The van der Waals surface area contributed by atoms with Gasteiger partial charge in [-0.15, -0.1) is 0 Å². The average Bonchev–Trinajstić information content (AvgIpc) is 0.761. The highest BCUT2D eigenvalue weighted by atomic mass is 16.8. The third kappa shape index (κ3) is 33.7. The molecule has 6 aliphatic heterocycles. The third-order valence-corrected chi connectivity index (χ3v) is 23.4. The molecule has 6 rings (SSSR count). The Labute approximate surface area is 706 Å². The molecule has 0 radical (unpaired) electrons. The zero-order valence-corrected chi connectivity index (χ0v) is 70.9. The lowest BCUT2D eigenvalue weighted by Crippen LogP contribution is -2.71. The van der Waals surface area contributed by atoms with Crippen LogP contribution in [0.1, 0.15) is 246 Å². The number of amides is 3. The summed E-state index contributed by atoms with van der Waals surface area (Å²) in [5, 5.41) is 209. The number of ether oxygens (including phenoxy) is 12. The van der Waals surface area contributed by atoms with Crippen LogP contribution in [0.15, 0.2) is 24.3 Å². The number of allylic oxidation sites excluding steroid dienone is 3. The van der Waals surface area contributed by atoms with Gasteiger partial charge in [-0.25, -0.2) is 0 Å². The predicted molar refractivity (Wildman–Crippen MR) is 431 cm³/mol. The van der Waals surface area contributed by atoms with E-state index < -0.39 is 254 Å². The molecule has 0 aliphatic carbocycles. The van der Waals surface area contributed by atoms with Gasteiger partial charge in [-0.1, -0.05) is 205 Å². The quantitative estimate of drug-likeness (QED) is 0.0291. The lowest BCUT2D eigenvalue weighted by atomic mass is 9.93. The second kappa shape index (κ2) is 58.2. The minimum atomic E-state index is -2.35. The number of unbranched alkanes of at least 4 members (excludes halogenated alkanes) is 30. The summed E-state index contributed by atoms with van der Waals surface area (Å²) in [6.07, 6.45) is -9.95. The zero-order valence-electron chi connectivity index (χ0n) is 70.9. The van der Waals surface area contributed by atoms with Crippen molar-refractivity contribution in [1.29, 1.82) is 0 Å². The number of rotatable bonds is 59. The fourth-order valence-corrected chi connectivity index (χ4v) is 16.2. The second-order valence-corrected chi connectivity index (χ2v) is 33.1. The first kappa shape index (κ1) is 105. The molecule has 6 saturated heterocycles. The van der Waals surface area contributed by atoms with Gasteiger partial charge < -0.3 is 165 Å². The summed E-state index contributed by atoms with van der Waals surface area (Å²) < 4.78 is 72.1. The maximum absolute atomic E-state index is 13.7. The molecule has 6 heterocycles. The fraction of sp³-hybridized carbons (Fsp3) is 0.917. The summed E-state index contributed by atoms with van der Waals surface area (Å²) in [6.45, 7) is -0.127. The monoisotopic (exact) mass is 1730 g/mol. The van der Waals surface area contributed by atoms with Gasteiger partial charge in [-0.05, 0) is 44.9 Å². The van der Waals surface area contributed by atoms with Crippen LogP contribution in [0, 0.1) is 0 Å². The van der Waals surface area contributed by atoms with Crippen LogP contribution in [-0.2, 0) is 71.2 Å². The van der Waals surface area contributed by atoms with Crippen molar-refractivity contribution in [2.24, 2.45) is 0 Å². The molecule has 0 aromatic carbocycles. The van der Waals surface area contributed by atoms with Crippen LogP contribution in [-0.4, -0.2) is 352 Å². The third-order valence-electron chi connectivity index (χ3n) is 23.4. The first-order chi connectivity index (χ1) is 57.8. The Hall–Kier alpha value is -3.31. The van der Waals surface area contributed by atoms with Crippen molar-refractivity contribution in [3.8, 4) is 0 Å². The molecule has 120 heavy (non-hydrogen) atoms. The molecule has 3 amide bonds. The standard InChI is InChI=1S/C84H151N3O33/c1-5-7-9-11-13-15-17-19-20-21-22-23-24-25-26-27-28-30-32-34-36-38-40-42-60(97)87-52(53(96)41-39-37-35-33-31-29-18-16-14-12-10-8-6-2)49-109-81-71(106)69(104)75(58(47-92)114-81)117-84-73(108)78(76(59(48-93)115-84)118-79-61(85-50(3)94)66(101)63(98)54(43-88)110-79)120-80-62(86-51(4)95)67(102)74(57(46-91)113-80)116-83-72(107)77(65(100)56(45-90)112-83)119-82-70(105)68(103)64(99)55(44-89)111-82/h19-20,39,41,52-59,61-84,88-93,96,98-108H,5-18,21-38,40,42-49H2,1-4H3,(H,85,94)(H,86,95)(H,87,97)/b20-19-,41-39+/t52-,53+,54?,55?,56?,57?,58?,59?,61?,62?,63-,64-,65-,66+,67+,68-,69+,70?,71?,72?,73?,74+,75+,76-,77-,78+,79-,80-,81+,82+,83-,84-/m0/s1. The topological polar surface area (TPSA) is 562 Å². The van der Waals surface area contributed by atoms with Crippen molar-refractivity contribution in [3.05, 3.63) is 24.3 Å². The van der Waals surface area contributed by atoms with Gasteiger partial charge in [0, 0.05) is 20.3 Å². The Kier molecular flexibility index (Phi) is 51.2. The number of hydrogen-bond acceptors (Lipinski definition) is 33. The van der Waals surface area contributed by atoms with Crippen LogP contribution in [0.4, 0.5) is 0 Å². The second-order valence-electron chi connectivity index (χ2n) is 33.1. The molecule has 0 aromatic rings. The highest BCUT2D eigenvalue weighted by molar-refractivity contribution is 5.76. The Morgan fingerprint density at radius 2 is 0.650 bits per heavy atom. The van der Waals surface area contributed by atoms with Gasteiger partial charge in [0.25, 0.3) is 0 Å². The minimum absolute atomic E-state index is 0.148. The molecule has 0 aromatic heterocycles. The summed E-state index contributed by atoms with van der Waals surface area (Å²) in [7, 11) is 0. The van der Waals surface area contributed by atoms with Gasteiger partial charge in [0.1, 0.15) is 146 Å². The summed E-state index contributed by atoms with van der Waals surface area (Å²) in [4.78, 5) is 39.6. The van der Waals surface area contributed by atoms with E-state index in [1.165, 1.54) is 141 Å². The molecule has 700 valence electrons. The van der Waals surface area contributed by atoms with Crippen molar-refractivity contribution < 1.29 is 163 Å². The molecule has 36 heteroatoms. The SMILES string of the molecule is CCCCCCCC/C=C\CCCCCCCCCCCCCCCC(=O)N[C@@H](CO[C@@H]1OC(CO)[C@@H](O[C@@H]2OC(CO)[C@H](O[C@@H]3OC(CO)[C@H](O)[C@H](O)C3NC(C)=O)[C@H](O[C@@H]3OC(CO)[C@@H](O[C@@H]4OC(CO)[C@H](O)[C@H](O[C@H]5OC(CO)[C@H](O)[C@H](O)C5O)C4O)[C@H](O)C3NC(C)=O)C2O)[C@H](O)C1O)[C@H](O)/C=C/CCCCCCCCCCCCC. The molecule has 0 spiro atoms. The molecule has 12 unspecified atom stereocenters. The number of carbonyl (C=O) groups excluding carboxylic acids is 3. The van der Waals surface area contributed by atoms with Gasteiger partial charge in [-0.3, -0.25) is 14.4 Å². The van der Waals surface area contributed by atoms with Crippen LogP contribution in [0.25, 0.3) is 0 Å².